The van der Waals surface area contributed by atoms with Gasteiger partial charge in [0.25, 0.3) is 0 Å². The van der Waals surface area contributed by atoms with Gasteiger partial charge in [0.2, 0.25) is 15.9 Å². The van der Waals surface area contributed by atoms with Crippen LogP contribution in [0, 0.1) is 13.8 Å². The Kier molecular flexibility index (Phi) is 5.75. The number of rotatable bonds is 4. The molecule has 1 unspecified atom stereocenters. The lowest BCUT2D eigenvalue weighted by atomic mass is 10.1. The highest BCUT2D eigenvalue weighted by Gasteiger charge is 2.39. The van der Waals surface area contributed by atoms with Gasteiger partial charge in [0.15, 0.2) is 0 Å². The minimum Gasteiger partial charge on any atom is -0.324 e. The molecule has 0 spiro atoms. The van der Waals surface area contributed by atoms with Crippen molar-refractivity contribution in [3.8, 4) is 0 Å². The Labute approximate surface area is 191 Å². The zero-order valence-corrected chi connectivity index (χ0v) is 19.8. The molecule has 1 saturated heterocycles. The van der Waals surface area contributed by atoms with E-state index in [9.17, 15) is 22.8 Å². The van der Waals surface area contributed by atoms with Crippen LogP contribution in [0.2, 0.25) is 0 Å². The average Bonchev–Trinajstić information content (AvgIpc) is 3.30. The van der Waals surface area contributed by atoms with Crippen molar-refractivity contribution in [2.75, 3.05) is 11.9 Å². The second kappa shape index (κ2) is 8.27. The molecule has 0 radical (unpaired) electrons. The van der Waals surface area contributed by atoms with Crippen molar-refractivity contribution in [2.45, 2.75) is 37.6 Å². The molecule has 3 aromatic rings. The SMILES string of the molecule is Cc1cccc(NC(=O)C2CCCN2S(=O)(=O)c2ccc3c(c2)n(C)c(=O)c(=O)n3C)c1C. The highest BCUT2D eigenvalue weighted by Crippen LogP contribution is 2.29. The normalized spacial score (nSPS) is 16.9. The van der Waals surface area contributed by atoms with E-state index in [1.807, 2.05) is 26.0 Å². The maximum absolute atomic E-state index is 13.5. The molecule has 1 atom stereocenters. The Morgan fingerprint density at radius 2 is 1.67 bits per heavy atom. The van der Waals surface area contributed by atoms with Crippen molar-refractivity contribution >= 4 is 32.7 Å². The minimum absolute atomic E-state index is 0.0323. The summed E-state index contributed by atoms with van der Waals surface area (Å²) < 4.78 is 30.6. The molecule has 1 aliphatic heterocycles. The molecule has 0 bridgehead atoms. The van der Waals surface area contributed by atoms with Crippen LogP contribution in [0.15, 0.2) is 50.9 Å². The molecule has 1 aromatic heterocycles. The fourth-order valence-corrected chi connectivity index (χ4v) is 5.93. The summed E-state index contributed by atoms with van der Waals surface area (Å²) >= 11 is 0. The number of anilines is 1. The molecule has 10 heteroatoms. The summed E-state index contributed by atoms with van der Waals surface area (Å²) in [4.78, 5) is 37.3. The molecule has 174 valence electrons. The summed E-state index contributed by atoms with van der Waals surface area (Å²) in [6, 6.07) is 9.03. The summed E-state index contributed by atoms with van der Waals surface area (Å²) in [6.45, 7) is 4.07. The van der Waals surface area contributed by atoms with Gasteiger partial charge in [-0.3, -0.25) is 14.4 Å². The largest absolute Gasteiger partial charge is 0.324 e. The highest BCUT2D eigenvalue weighted by molar-refractivity contribution is 7.89. The molecule has 1 N–H and O–H groups in total. The van der Waals surface area contributed by atoms with Crippen molar-refractivity contribution in [3.05, 3.63) is 68.2 Å². The van der Waals surface area contributed by atoms with Gasteiger partial charge < -0.3 is 14.5 Å². The topological polar surface area (TPSA) is 110 Å². The van der Waals surface area contributed by atoms with E-state index in [2.05, 4.69) is 5.32 Å². The molecule has 9 nitrogen and oxygen atoms in total. The zero-order valence-electron chi connectivity index (χ0n) is 19.0. The molecule has 0 saturated carbocycles. The van der Waals surface area contributed by atoms with E-state index in [4.69, 9.17) is 0 Å². The molecule has 0 aliphatic carbocycles. The number of hydrogen-bond acceptors (Lipinski definition) is 5. The highest BCUT2D eigenvalue weighted by atomic mass is 32.2. The fraction of sp³-hybridized carbons (Fsp3) is 0.348. The van der Waals surface area contributed by atoms with E-state index < -0.39 is 27.2 Å². The van der Waals surface area contributed by atoms with Crippen LogP contribution in [-0.4, -0.2) is 40.4 Å². The third kappa shape index (κ3) is 3.79. The molecule has 2 heterocycles. The maximum atomic E-state index is 13.5. The van der Waals surface area contributed by atoms with Crippen molar-refractivity contribution < 1.29 is 13.2 Å². The number of aromatic nitrogens is 2. The van der Waals surface area contributed by atoms with E-state index >= 15 is 0 Å². The van der Waals surface area contributed by atoms with E-state index in [1.165, 1.54) is 41.2 Å². The second-order valence-corrected chi connectivity index (χ2v) is 10.3. The van der Waals surface area contributed by atoms with Gasteiger partial charge in [0.1, 0.15) is 6.04 Å². The van der Waals surface area contributed by atoms with Gasteiger partial charge in [-0.1, -0.05) is 12.1 Å². The summed E-state index contributed by atoms with van der Waals surface area (Å²) in [5, 5.41) is 2.88. The number of sulfonamides is 1. The average molecular weight is 471 g/mol. The predicted molar refractivity (Wildman–Crippen MR) is 126 cm³/mol. The Hall–Kier alpha value is -3.24. The van der Waals surface area contributed by atoms with Crippen LogP contribution in [0.5, 0.6) is 0 Å². The monoisotopic (exact) mass is 470 g/mol. The van der Waals surface area contributed by atoms with Crippen molar-refractivity contribution in [1.82, 2.24) is 13.4 Å². The summed E-state index contributed by atoms with van der Waals surface area (Å²) in [5.41, 5.74) is 1.94. The van der Waals surface area contributed by atoms with Crippen molar-refractivity contribution in [2.24, 2.45) is 14.1 Å². The van der Waals surface area contributed by atoms with Gasteiger partial charge in [-0.2, -0.15) is 4.31 Å². The number of nitrogens with zero attached hydrogens (tertiary/aromatic N) is 3. The van der Waals surface area contributed by atoms with Crippen LogP contribution in [0.1, 0.15) is 24.0 Å². The van der Waals surface area contributed by atoms with Gasteiger partial charge in [-0.25, -0.2) is 8.42 Å². The third-order valence-electron chi connectivity index (χ3n) is 6.44. The number of benzene rings is 2. The van der Waals surface area contributed by atoms with Crippen LogP contribution in [0.25, 0.3) is 11.0 Å². The van der Waals surface area contributed by atoms with E-state index in [0.717, 1.165) is 15.7 Å². The molecule has 2 aromatic carbocycles. The lowest BCUT2D eigenvalue weighted by molar-refractivity contribution is -0.119. The van der Waals surface area contributed by atoms with Crippen LogP contribution in [-0.2, 0) is 28.9 Å². The van der Waals surface area contributed by atoms with Crippen LogP contribution >= 0.6 is 0 Å². The Morgan fingerprint density at radius 1 is 1.00 bits per heavy atom. The first-order valence-corrected chi connectivity index (χ1v) is 12.1. The summed E-state index contributed by atoms with van der Waals surface area (Å²) in [7, 11) is -1.12. The van der Waals surface area contributed by atoms with Crippen molar-refractivity contribution in [3.63, 3.8) is 0 Å². The van der Waals surface area contributed by atoms with E-state index in [0.29, 0.717) is 29.6 Å². The zero-order chi connectivity index (χ0) is 24.1. The standard InChI is InChI=1S/C23H26N4O5S/c1-14-7-5-8-17(15(14)2)24-21(28)19-9-6-12-27(19)33(31,32)16-10-11-18-20(13-16)26(4)23(30)22(29)25(18)3/h5,7-8,10-11,13,19H,6,9,12H2,1-4H3,(H,24,28). The quantitative estimate of drug-likeness (QED) is 0.583. The van der Waals surface area contributed by atoms with Crippen LogP contribution in [0.4, 0.5) is 5.69 Å². The number of hydrogen-bond donors (Lipinski definition) is 1. The lowest BCUT2D eigenvalue weighted by Crippen LogP contribution is -2.43. The Bertz CT molecular complexity index is 1500. The number of fused-ring (bicyclic) bond motifs is 1. The van der Waals surface area contributed by atoms with E-state index in [1.54, 1.807) is 6.07 Å². The Balaban J connectivity index is 1.71. The van der Waals surface area contributed by atoms with Gasteiger partial charge in [0, 0.05) is 26.3 Å². The number of nitrogens with one attached hydrogen (secondary N) is 1. The fourth-order valence-electron chi connectivity index (χ4n) is 4.25. The third-order valence-corrected chi connectivity index (χ3v) is 8.34. The van der Waals surface area contributed by atoms with Gasteiger partial charge >= 0.3 is 11.1 Å². The number of amides is 1. The smallest absolute Gasteiger partial charge is 0.316 e. The predicted octanol–water partition coefficient (Wildman–Crippen LogP) is 1.65. The number of carbonyl (C=O) groups is 1. The molecular weight excluding hydrogens is 444 g/mol. The number of aryl methyl sites for hydroxylation is 3. The maximum Gasteiger partial charge on any atom is 0.316 e. The first-order chi connectivity index (χ1) is 15.5. The lowest BCUT2D eigenvalue weighted by Gasteiger charge is -2.24. The second-order valence-electron chi connectivity index (χ2n) is 8.39. The molecule has 4 rings (SSSR count). The van der Waals surface area contributed by atoms with E-state index in [-0.39, 0.29) is 17.3 Å². The summed E-state index contributed by atoms with van der Waals surface area (Å²) in [5.74, 6) is -0.375. The molecular formula is C23H26N4O5S. The first-order valence-electron chi connectivity index (χ1n) is 10.6. The minimum atomic E-state index is -4.02. The number of carbonyl (C=O) groups excluding carboxylic acids is 1. The van der Waals surface area contributed by atoms with Gasteiger partial charge in [-0.05, 0) is 62.1 Å². The molecule has 33 heavy (non-hydrogen) atoms. The van der Waals surface area contributed by atoms with Crippen LogP contribution in [0.3, 0.4) is 0 Å². The molecule has 1 aliphatic rings. The van der Waals surface area contributed by atoms with Crippen molar-refractivity contribution in [1.29, 1.82) is 0 Å². The molecule has 1 amide bonds. The van der Waals surface area contributed by atoms with Gasteiger partial charge in [-0.15, -0.1) is 0 Å². The Morgan fingerprint density at radius 3 is 2.36 bits per heavy atom. The van der Waals surface area contributed by atoms with Crippen LogP contribution < -0.4 is 16.4 Å². The molecule has 1 fully saturated rings. The first kappa shape index (κ1) is 22.9. The summed E-state index contributed by atoms with van der Waals surface area (Å²) in [6.07, 6.45) is 0.973. The van der Waals surface area contributed by atoms with Gasteiger partial charge in [0.05, 0.1) is 15.9 Å².